The molecule has 1 heterocycles. The van der Waals surface area contributed by atoms with Crippen molar-refractivity contribution in [1.82, 2.24) is 4.98 Å². The fourth-order valence-electron chi connectivity index (χ4n) is 3.78. The molecule has 2 heteroatoms. The summed E-state index contributed by atoms with van der Waals surface area (Å²) in [5.41, 5.74) is 3.92. The van der Waals surface area contributed by atoms with E-state index < -0.39 is 0 Å². The van der Waals surface area contributed by atoms with Crippen LogP contribution in [0.2, 0.25) is 0 Å². The Morgan fingerprint density at radius 2 is 1.23 bits per heavy atom. The fourth-order valence-corrected chi connectivity index (χ4v) is 3.78. The van der Waals surface area contributed by atoms with Crippen molar-refractivity contribution < 1.29 is 4.74 Å². The maximum absolute atomic E-state index is 5.86. The van der Waals surface area contributed by atoms with Crippen LogP contribution in [0, 0.1) is 0 Å². The van der Waals surface area contributed by atoms with Gasteiger partial charge in [0.25, 0.3) is 0 Å². The average molecular weight is 410 g/mol. The molecule has 2 rings (SSSR count). The molecule has 2 aromatic rings. The molecule has 2 nitrogen and oxygen atoms in total. The molecule has 1 aromatic heterocycles. The number of pyridine rings is 1. The Balaban J connectivity index is 1.61. The van der Waals surface area contributed by atoms with Crippen LogP contribution in [-0.4, -0.2) is 11.6 Å². The van der Waals surface area contributed by atoms with Gasteiger partial charge < -0.3 is 4.74 Å². The molecule has 0 saturated heterocycles. The molecule has 0 radical (unpaired) electrons. The molecule has 30 heavy (non-hydrogen) atoms. The van der Waals surface area contributed by atoms with E-state index in [1.165, 1.54) is 87.4 Å². The van der Waals surface area contributed by atoms with Crippen molar-refractivity contribution in [3.8, 4) is 5.75 Å². The molecule has 0 unspecified atom stereocenters. The Morgan fingerprint density at radius 3 is 1.90 bits per heavy atom. The van der Waals surface area contributed by atoms with Crippen molar-refractivity contribution >= 4 is 0 Å². The topological polar surface area (TPSA) is 22.1 Å². The zero-order valence-corrected chi connectivity index (χ0v) is 19.5. The first-order valence-electron chi connectivity index (χ1n) is 12.5. The Kier molecular flexibility index (Phi) is 13.0. The smallest absolute Gasteiger partial charge is 0.119 e. The molecule has 0 N–H and O–H groups in total. The maximum atomic E-state index is 5.86. The highest BCUT2D eigenvalue weighted by molar-refractivity contribution is 5.28. The van der Waals surface area contributed by atoms with Crippen LogP contribution in [0.1, 0.15) is 101 Å². The Bertz CT molecular complexity index is 588. The number of hydrogen-bond donors (Lipinski definition) is 0. The lowest BCUT2D eigenvalue weighted by Gasteiger charge is -2.08. The zero-order chi connectivity index (χ0) is 21.3. The largest absolute Gasteiger partial charge is 0.494 e. The summed E-state index contributed by atoms with van der Waals surface area (Å²) in [5.74, 6) is 0.992. The van der Waals surface area contributed by atoms with Crippen molar-refractivity contribution in [3.63, 3.8) is 0 Å². The van der Waals surface area contributed by atoms with E-state index in [0.29, 0.717) is 0 Å². The maximum Gasteiger partial charge on any atom is 0.119 e. The molecular weight excluding hydrogens is 366 g/mol. The lowest BCUT2D eigenvalue weighted by atomic mass is 10.0. The summed E-state index contributed by atoms with van der Waals surface area (Å²) in [6.07, 6.45) is 19.8. The third-order valence-electron chi connectivity index (χ3n) is 5.81. The van der Waals surface area contributed by atoms with E-state index in [-0.39, 0.29) is 0 Å². The highest BCUT2D eigenvalue weighted by Gasteiger charge is 2.01. The quantitative estimate of drug-likeness (QED) is 0.246. The second-order valence-corrected chi connectivity index (χ2v) is 8.58. The minimum Gasteiger partial charge on any atom is -0.494 e. The van der Waals surface area contributed by atoms with Gasteiger partial charge in [-0.3, -0.25) is 4.98 Å². The van der Waals surface area contributed by atoms with Gasteiger partial charge in [-0.05, 0) is 61.4 Å². The molecule has 0 amide bonds. The van der Waals surface area contributed by atoms with Gasteiger partial charge in [0.15, 0.2) is 0 Å². The first-order valence-corrected chi connectivity index (χ1v) is 12.5. The molecule has 1 aromatic carbocycles. The Hall–Kier alpha value is -1.83. The van der Waals surface area contributed by atoms with Crippen molar-refractivity contribution in [2.75, 3.05) is 6.61 Å². The molecule has 0 aliphatic carbocycles. The van der Waals surface area contributed by atoms with Crippen LogP contribution in [0.15, 0.2) is 42.6 Å². The second kappa shape index (κ2) is 15.9. The minimum absolute atomic E-state index is 0.831. The third kappa shape index (κ3) is 10.8. The van der Waals surface area contributed by atoms with Crippen LogP contribution < -0.4 is 4.74 Å². The van der Waals surface area contributed by atoms with Crippen molar-refractivity contribution in [3.05, 3.63) is 59.4 Å². The van der Waals surface area contributed by atoms with Gasteiger partial charge in [0.05, 0.1) is 6.61 Å². The van der Waals surface area contributed by atoms with E-state index in [2.05, 4.69) is 61.4 Å². The van der Waals surface area contributed by atoms with Crippen LogP contribution in [0.4, 0.5) is 0 Å². The third-order valence-corrected chi connectivity index (χ3v) is 5.81. The van der Waals surface area contributed by atoms with E-state index in [1.54, 1.807) is 0 Å². The summed E-state index contributed by atoms with van der Waals surface area (Å²) >= 11 is 0. The van der Waals surface area contributed by atoms with Crippen molar-refractivity contribution in [1.29, 1.82) is 0 Å². The second-order valence-electron chi connectivity index (χ2n) is 8.58. The van der Waals surface area contributed by atoms with Crippen molar-refractivity contribution in [2.45, 2.75) is 104 Å². The van der Waals surface area contributed by atoms with Crippen LogP contribution in [-0.2, 0) is 19.3 Å². The summed E-state index contributed by atoms with van der Waals surface area (Å²) in [6.45, 7) is 5.35. The summed E-state index contributed by atoms with van der Waals surface area (Å²) in [5, 5.41) is 0. The van der Waals surface area contributed by atoms with Gasteiger partial charge in [-0.2, -0.15) is 0 Å². The highest BCUT2D eigenvalue weighted by atomic mass is 16.5. The average Bonchev–Trinajstić information content (AvgIpc) is 2.79. The van der Waals surface area contributed by atoms with Crippen molar-refractivity contribution in [2.24, 2.45) is 0 Å². The summed E-state index contributed by atoms with van der Waals surface area (Å²) in [6, 6.07) is 13.1. The van der Waals surface area contributed by atoms with Crippen LogP contribution in [0.25, 0.3) is 0 Å². The summed E-state index contributed by atoms with van der Waals surface area (Å²) < 4.78 is 5.86. The van der Waals surface area contributed by atoms with Gasteiger partial charge in [0.2, 0.25) is 0 Å². The molecular formula is C28H43NO. The van der Waals surface area contributed by atoms with E-state index >= 15 is 0 Å². The molecule has 166 valence electrons. The van der Waals surface area contributed by atoms with E-state index in [9.17, 15) is 0 Å². The van der Waals surface area contributed by atoms with Gasteiger partial charge in [0, 0.05) is 11.9 Å². The lowest BCUT2D eigenvalue weighted by molar-refractivity contribution is 0.304. The highest BCUT2D eigenvalue weighted by Crippen LogP contribution is 2.15. The molecule has 0 atom stereocenters. The van der Waals surface area contributed by atoms with Crippen LogP contribution in [0.3, 0.4) is 0 Å². The van der Waals surface area contributed by atoms with Crippen LogP contribution >= 0.6 is 0 Å². The van der Waals surface area contributed by atoms with Gasteiger partial charge in [-0.1, -0.05) is 89.8 Å². The number of rotatable bonds is 17. The summed E-state index contributed by atoms with van der Waals surface area (Å²) in [4.78, 5) is 4.69. The van der Waals surface area contributed by atoms with Gasteiger partial charge in [0.1, 0.15) is 5.75 Å². The number of unbranched alkanes of at least 4 members (excludes halogenated alkanes) is 9. The zero-order valence-electron chi connectivity index (χ0n) is 19.5. The predicted octanol–water partition coefficient (Wildman–Crippen LogP) is 8.12. The number of nitrogens with zero attached hydrogens (tertiary/aromatic N) is 1. The number of benzene rings is 1. The Labute approximate surface area is 185 Å². The number of aromatic nitrogens is 1. The first kappa shape index (κ1) is 24.4. The molecule has 0 fully saturated rings. The van der Waals surface area contributed by atoms with E-state index in [4.69, 9.17) is 4.74 Å². The summed E-state index contributed by atoms with van der Waals surface area (Å²) in [7, 11) is 0. The van der Waals surface area contributed by atoms with E-state index in [1.807, 2.05) is 0 Å². The number of ether oxygens (including phenoxy) is 1. The number of hydrogen-bond acceptors (Lipinski definition) is 2. The fraction of sp³-hybridized carbons (Fsp3) is 0.607. The monoisotopic (exact) mass is 409 g/mol. The van der Waals surface area contributed by atoms with Gasteiger partial charge in [-0.25, -0.2) is 0 Å². The molecule has 0 bridgehead atoms. The standard InChI is InChI=1S/C28H43NO/c1-3-5-7-9-10-12-14-26-16-20-27(29-24-26)19-15-25-17-21-28(22-18-25)30-23-13-11-8-6-4-2/h16-18,20-22,24H,3-15,19,23H2,1-2H3. The SMILES string of the molecule is CCCCCCCCc1ccc(CCc2ccc(OCCCCCCC)cc2)nc1. The van der Waals surface area contributed by atoms with E-state index in [0.717, 1.165) is 31.6 Å². The predicted molar refractivity (Wildman–Crippen MR) is 129 cm³/mol. The van der Waals surface area contributed by atoms with Crippen LogP contribution in [0.5, 0.6) is 5.75 Å². The normalized spacial score (nSPS) is 11.0. The molecule has 0 aliphatic rings. The Morgan fingerprint density at radius 1 is 0.600 bits per heavy atom. The molecule has 0 spiro atoms. The number of aryl methyl sites for hydroxylation is 3. The molecule has 0 aliphatic heterocycles. The lowest BCUT2D eigenvalue weighted by Crippen LogP contribution is -1.98. The molecule has 0 saturated carbocycles. The minimum atomic E-state index is 0.831. The first-order chi connectivity index (χ1) is 14.8. The van der Waals surface area contributed by atoms with Gasteiger partial charge >= 0.3 is 0 Å². The van der Waals surface area contributed by atoms with Gasteiger partial charge in [-0.15, -0.1) is 0 Å².